The molecule has 0 spiro atoms. The second kappa shape index (κ2) is 6.90. The molecule has 0 aliphatic carbocycles. The molecule has 0 fully saturated rings. The summed E-state index contributed by atoms with van der Waals surface area (Å²) in [5.41, 5.74) is 3.08. The van der Waals surface area contributed by atoms with Crippen LogP contribution in [0.4, 0.5) is 0 Å². The van der Waals surface area contributed by atoms with E-state index in [-0.39, 0.29) is 16.2 Å². The molecular formula is C22H35O2-. The van der Waals surface area contributed by atoms with Crippen LogP contribution in [0.1, 0.15) is 109 Å². The Morgan fingerprint density at radius 3 is 1.38 bits per heavy atom. The summed E-state index contributed by atoms with van der Waals surface area (Å²) in [7, 11) is 0. The molecule has 1 aromatic carbocycles. The SMILES string of the molecule is CCC(C)(C)c1cc(C(C)(C)CC)c(C(=O)[O-])c(C(C)(C)CC)c1. The molecule has 0 bridgehead atoms. The molecule has 0 atom stereocenters. The van der Waals surface area contributed by atoms with Crippen LogP contribution in [-0.2, 0) is 16.2 Å². The normalized spacial score (nSPS) is 13.2. The van der Waals surface area contributed by atoms with E-state index in [9.17, 15) is 9.90 Å². The molecule has 0 aliphatic heterocycles. The predicted octanol–water partition coefficient (Wildman–Crippen LogP) is 5.11. The highest BCUT2D eigenvalue weighted by atomic mass is 16.4. The Morgan fingerprint density at radius 1 is 0.792 bits per heavy atom. The Kier molecular flexibility index (Phi) is 5.96. The number of aromatic carboxylic acids is 1. The zero-order valence-electron chi connectivity index (χ0n) is 17.1. The van der Waals surface area contributed by atoms with Gasteiger partial charge < -0.3 is 9.90 Å². The van der Waals surface area contributed by atoms with Crippen LogP contribution in [0.3, 0.4) is 0 Å². The zero-order chi connectivity index (χ0) is 18.9. The average Bonchev–Trinajstić information content (AvgIpc) is 2.53. The van der Waals surface area contributed by atoms with Gasteiger partial charge in [0, 0.05) is 5.56 Å². The van der Waals surface area contributed by atoms with Gasteiger partial charge in [0.2, 0.25) is 0 Å². The van der Waals surface area contributed by atoms with Crippen LogP contribution in [0.2, 0.25) is 0 Å². The first kappa shape index (κ1) is 20.7. The molecule has 1 rings (SSSR count). The van der Waals surface area contributed by atoms with Crippen molar-refractivity contribution in [2.75, 3.05) is 0 Å². The Bertz CT molecular complexity index is 569. The van der Waals surface area contributed by atoms with Crippen LogP contribution in [-0.4, -0.2) is 5.97 Å². The molecule has 0 radical (unpaired) electrons. The summed E-state index contributed by atoms with van der Waals surface area (Å²) in [4.78, 5) is 12.1. The summed E-state index contributed by atoms with van der Waals surface area (Å²) in [6.07, 6.45) is 2.78. The van der Waals surface area contributed by atoms with Crippen molar-refractivity contribution < 1.29 is 9.90 Å². The van der Waals surface area contributed by atoms with E-state index >= 15 is 0 Å². The zero-order valence-corrected chi connectivity index (χ0v) is 17.1. The summed E-state index contributed by atoms with van der Waals surface area (Å²) in [6.45, 7) is 19.4. The van der Waals surface area contributed by atoms with E-state index in [4.69, 9.17) is 0 Å². The van der Waals surface area contributed by atoms with Crippen LogP contribution >= 0.6 is 0 Å². The van der Waals surface area contributed by atoms with E-state index < -0.39 is 5.97 Å². The van der Waals surface area contributed by atoms with Crippen molar-refractivity contribution in [3.05, 3.63) is 34.4 Å². The van der Waals surface area contributed by atoms with E-state index in [1.807, 2.05) is 0 Å². The van der Waals surface area contributed by atoms with Gasteiger partial charge in [0.05, 0.1) is 5.97 Å². The van der Waals surface area contributed by atoms with Crippen molar-refractivity contribution in [1.82, 2.24) is 0 Å². The van der Waals surface area contributed by atoms with E-state index in [0.717, 1.165) is 30.4 Å². The van der Waals surface area contributed by atoms with Gasteiger partial charge in [-0.05, 0) is 52.2 Å². The first-order chi connectivity index (χ1) is 10.8. The van der Waals surface area contributed by atoms with Gasteiger partial charge in [-0.1, -0.05) is 74.4 Å². The van der Waals surface area contributed by atoms with Crippen LogP contribution in [0.5, 0.6) is 0 Å². The smallest absolute Gasteiger partial charge is 0.0721 e. The fourth-order valence-electron chi connectivity index (χ4n) is 2.91. The van der Waals surface area contributed by atoms with Gasteiger partial charge in [0.1, 0.15) is 0 Å². The number of carboxylic acids is 1. The molecule has 0 saturated carbocycles. The lowest BCUT2D eigenvalue weighted by atomic mass is 9.69. The molecule has 0 amide bonds. The summed E-state index contributed by atoms with van der Waals surface area (Å²) >= 11 is 0. The Balaban J connectivity index is 3.96. The Hall–Kier alpha value is -1.31. The minimum Gasteiger partial charge on any atom is -0.545 e. The Morgan fingerprint density at radius 2 is 1.12 bits per heavy atom. The number of carbonyl (C=O) groups excluding carboxylic acids is 1. The first-order valence-electron chi connectivity index (χ1n) is 9.24. The minimum atomic E-state index is -1.05. The number of hydrogen-bond donors (Lipinski definition) is 0. The van der Waals surface area contributed by atoms with E-state index in [1.54, 1.807) is 0 Å². The molecule has 0 unspecified atom stereocenters. The quantitative estimate of drug-likeness (QED) is 0.696. The van der Waals surface area contributed by atoms with Crippen molar-refractivity contribution in [2.24, 2.45) is 0 Å². The molecule has 24 heavy (non-hydrogen) atoms. The molecule has 0 aromatic heterocycles. The van der Waals surface area contributed by atoms with Gasteiger partial charge in [0.25, 0.3) is 0 Å². The van der Waals surface area contributed by atoms with E-state index in [0.29, 0.717) is 5.56 Å². The summed E-state index contributed by atoms with van der Waals surface area (Å²) in [5.74, 6) is -1.05. The molecule has 2 nitrogen and oxygen atoms in total. The highest BCUT2D eigenvalue weighted by molar-refractivity contribution is 5.91. The molecule has 0 saturated heterocycles. The number of rotatable bonds is 7. The van der Waals surface area contributed by atoms with Gasteiger partial charge >= 0.3 is 0 Å². The van der Waals surface area contributed by atoms with Crippen LogP contribution in [0, 0.1) is 0 Å². The monoisotopic (exact) mass is 331 g/mol. The maximum absolute atomic E-state index is 12.1. The summed E-state index contributed by atoms with van der Waals surface area (Å²) < 4.78 is 0. The van der Waals surface area contributed by atoms with Crippen molar-refractivity contribution in [2.45, 2.75) is 97.8 Å². The van der Waals surface area contributed by atoms with Gasteiger partial charge in [-0.25, -0.2) is 0 Å². The number of benzene rings is 1. The summed E-state index contributed by atoms with van der Waals surface area (Å²) in [6, 6.07) is 4.24. The second-order valence-corrected chi connectivity index (χ2v) is 8.95. The molecule has 0 aliphatic rings. The minimum absolute atomic E-state index is 0.0155. The fraction of sp³-hybridized carbons (Fsp3) is 0.682. The highest BCUT2D eigenvalue weighted by Crippen LogP contribution is 2.41. The van der Waals surface area contributed by atoms with E-state index in [2.05, 4.69) is 74.4 Å². The molecular weight excluding hydrogens is 296 g/mol. The fourth-order valence-corrected chi connectivity index (χ4v) is 2.91. The molecule has 2 heteroatoms. The Labute approximate surface area is 148 Å². The highest BCUT2D eigenvalue weighted by Gasteiger charge is 2.32. The largest absolute Gasteiger partial charge is 0.545 e. The van der Waals surface area contributed by atoms with Crippen LogP contribution in [0.25, 0.3) is 0 Å². The lowest BCUT2D eigenvalue weighted by Crippen LogP contribution is -2.34. The second-order valence-electron chi connectivity index (χ2n) is 8.95. The van der Waals surface area contributed by atoms with E-state index in [1.165, 1.54) is 5.56 Å². The molecule has 0 N–H and O–H groups in total. The van der Waals surface area contributed by atoms with Gasteiger partial charge in [0.15, 0.2) is 0 Å². The molecule has 0 heterocycles. The van der Waals surface area contributed by atoms with Crippen molar-refractivity contribution >= 4 is 5.97 Å². The lowest BCUT2D eigenvalue weighted by Gasteiger charge is -2.36. The maximum atomic E-state index is 12.1. The maximum Gasteiger partial charge on any atom is 0.0721 e. The number of carboxylic acid groups (broad SMARTS) is 1. The summed E-state index contributed by atoms with van der Waals surface area (Å²) in [5, 5.41) is 12.1. The van der Waals surface area contributed by atoms with Crippen molar-refractivity contribution in [1.29, 1.82) is 0 Å². The van der Waals surface area contributed by atoms with Gasteiger partial charge in [-0.2, -0.15) is 0 Å². The number of hydrogen-bond acceptors (Lipinski definition) is 2. The van der Waals surface area contributed by atoms with Gasteiger partial charge in [-0.15, -0.1) is 0 Å². The third kappa shape index (κ3) is 3.84. The standard InChI is InChI=1S/C22H36O2/c1-10-20(4,5)15-13-16(21(6,7)11-2)18(19(23)24)17(14-15)22(8,9)12-3/h13-14H,10-12H2,1-9H3,(H,23,24)/p-1. The van der Waals surface area contributed by atoms with Crippen molar-refractivity contribution in [3.63, 3.8) is 0 Å². The third-order valence-corrected chi connectivity index (χ3v) is 6.23. The van der Waals surface area contributed by atoms with Crippen LogP contribution in [0.15, 0.2) is 12.1 Å². The topological polar surface area (TPSA) is 40.1 Å². The third-order valence-electron chi connectivity index (χ3n) is 6.23. The molecule has 136 valence electrons. The van der Waals surface area contributed by atoms with Crippen molar-refractivity contribution in [3.8, 4) is 0 Å². The first-order valence-corrected chi connectivity index (χ1v) is 9.24. The lowest BCUT2D eigenvalue weighted by molar-refractivity contribution is -0.255. The predicted molar refractivity (Wildman–Crippen MR) is 101 cm³/mol. The number of carbonyl (C=O) groups is 1. The van der Waals surface area contributed by atoms with Crippen LogP contribution < -0.4 is 5.11 Å². The molecule has 1 aromatic rings. The van der Waals surface area contributed by atoms with Gasteiger partial charge in [-0.3, -0.25) is 0 Å². The average molecular weight is 332 g/mol.